The SMILES string of the molecule is Cc1cc(NC(=O)c2ccc(-n3cccn3)cc2)n(C2CCS(=O)(=O)C2)n1. The third kappa shape index (κ3) is 3.63. The number of benzene rings is 1. The fourth-order valence-electron chi connectivity index (χ4n) is 3.23. The van der Waals surface area contributed by atoms with E-state index in [0.717, 1.165) is 11.4 Å². The summed E-state index contributed by atoms with van der Waals surface area (Å²) < 4.78 is 26.9. The third-order valence-corrected chi connectivity index (χ3v) is 6.30. The van der Waals surface area contributed by atoms with Gasteiger partial charge in [0.2, 0.25) is 0 Å². The lowest BCUT2D eigenvalue weighted by Crippen LogP contribution is -2.19. The molecule has 0 radical (unpaired) electrons. The number of sulfone groups is 1. The molecule has 1 atom stereocenters. The van der Waals surface area contributed by atoms with Gasteiger partial charge in [-0.2, -0.15) is 10.2 Å². The fourth-order valence-corrected chi connectivity index (χ4v) is 4.92. The molecule has 1 aromatic carbocycles. The van der Waals surface area contributed by atoms with E-state index in [-0.39, 0.29) is 23.5 Å². The van der Waals surface area contributed by atoms with Crippen LogP contribution in [0.1, 0.15) is 28.5 Å². The predicted molar refractivity (Wildman–Crippen MR) is 101 cm³/mol. The minimum atomic E-state index is -3.04. The molecule has 2 aromatic heterocycles. The zero-order valence-electron chi connectivity index (χ0n) is 14.7. The van der Waals surface area contributed by atoms with Gasteiger partial charge in [-0.3, -0.25) is 4.79 Å². The molecule has 1 amide bonds. The minimum absolute atomic E-state index is 0.0511. The van der Waals surface area contributed by atoms with E-state index in [1.807, 2.05) is 31.3 Å². The monoisotopic (exact) mass is 385 g/mol. The minimum Gasteiger partial charge on any atom is -0.307 e. The van der Waals surface area contributed by atoms with Crippen molar-refractivity contribution in [2.75, 3.05) is 16.8 Å². The quantitative estimate of drug-likeness (QED) is 0.740. The highest BCUT2D eigenvalue weighted by atomic mass is 32.2. The Kier molecular flexibility index (Phi) is 4.31. The number of rotatable bonds is 4. The molecule has 1 aliphatic heterocycles. The van der Waals surface area contributed by atoms with Crippen LogP contribution in [0, 0.1) is 6.92 Å². The molecule has 1 fully saturated rings. The summed E-state index contributed by atoms with van der Waals surface area (Å²) in [5.74, 6) is 0.439. The van der Waals surface area contributed by atoms with Crippen molar-refractivity contribution in [1.29, 1.82) is 0 Å². The first-order valence-electron chi connectivity index (χ1n) is 8.59. The number of aryl methyl sites for hydroxylation is 1. The van der Waals surface area contributed by atoms with E-state index in [1.54, 1.807) is 33.8 Å². The second-order valence-corrected chi connectivity index (χ2v) is 8.85. The molecular formula is C18H19N5O3S. The molecular weight excluding hydrogens is 366 g/mol. The Bertz CT molecular complexity index is 1070. The highest BCUT2D eigenvalue weighted by Crippen LogP contribution is 2.27. The average Bonchev–Trinajstić information content (AvgIpc) is 3.35. The number of nitrogens with one attached hydrogen (secondary N) is 1. The van der Waals surface area contributed by atoms with Crippen molar-refractivity contribution in [3.63, 3.8) is 0 Å². The van der Waals surface area contributed by atoms with Gasteiger partial charge in [-0.15, -0.1) is 0 Å². The zero-order valence-corrected chi connectivity index (χ0v) is 15.6. The van der Waals surface area contributed by atoms with Crippen molar-refractivity contribution in [1.82, 2.24) is 19.6 Å². The summed E-state index contributed by atoms with van der Waals surface area (Å²) in [5.41, 5.74) is 2.08. The maximum absolute atomic E-state index is 12.6. The first kappa shape index (κ1) is 17.5. The van der Waals surface area contributed by atoms with Crippen LogP contribution in [-0.4, -0.2) is 45.4 Å². The molecule has 0 spiro atoms. The second-order valence-electron chi connectivity index (χ2n) is 6.62. The summed E-state index contributed by atoms with van der Waals surface area (Å²) in [6.45, 7) is 1.81. The van der Waals surface area contributed by atoms with Crippen molar-refractivity contribution in [3.8, 4) is 5.69 Å². The summed E-state index contributed by atoms with van der Waals surface area (Å²) in [4.78, 5) is 12.6. The van der Waals surface area contributed by atoms with Gasteiger partial charge in [0.05, 0.1) is 28.9 Å². The number of nitrogens with zero attached hydrogens (tertiary/aromatic N) is 4. The third-order valence-electron chi connectivity index (χ3n) is 4.55. The van der Waals surface area contributed by atoms with Crippen molar-refractivity contribution in [2.24, 2.45) is 0 Å². The summed E-state index contributed by atoms with van der Waals surface area (Å²) in [6.07, 6.45) is 4.02. The van der Waals surface area contributed by atoms with Gasteiger partial charge in [0.15, 0.2) is 9.84 Å². The summed E-state index contributed by atoms with van der Waals surface area (Å²) in [7, 11) is -3.04. The molecule has 140 valence electrons. The Labute approximate surface area is 156 Å². The van der Waals surface area contributed by atoms with Crippen LogP contribution < -0.4 is 5.32 Å². The summed E-state index contributed by atoms with van der Waals surface area (Å²) in [6, 6.07) is 10.4. The number of aromatic nitrogens is 4. The average molecular weight is 385 g/mol. The molecule has 0 saturated carbocycles. The molecule has 1 N–H and O–H groups in total. The molecule has 3 heterocycles. The van der Waals surface area contributed by atoms with E-state index < -0.39 is 9.84 Å². The number of hydrogen-bond donors (Lipinski definition) is 1. The maximum atomic E-state index is 12.6. The van der Waals surface area contributed by atoms with Crippen LogP contribution in [-0.2, 0) is 9.84 Å². The molecule has 0 bridgehead atoms. The van der Waals surface area contributed by atoms with Gasteiger partial charge in [-0.1, -0.05) is 0 Å². The Balaban J connectivity index is 1.53. The van der Waals surface area contributed by atoms with E-state index in [4.69, 9.17) is 0 Å². The molecule has 1 saturated heterocycles. The number of anilines is 1. The zero-order chi connectivity index (χ0) is 19.0. The topological polar surface area (TPSA) is 98.9 Å². The van der Waals surface area contributed by atoms with E-state index >= 15 is 0 Å². The van der Waals surface area contributed by atoms with Crippen LogP contribution in [0.5, 0.6) is 0 Å². The number of hydrogen-bond acceptors (Lipinski definition) is 5. The van der Waals surface area contributed by atoms with E-state index in [9.17, 15) is 13.2 Å². The second kappa shape index (κ2) is 6.66. The highest BCUT2D eigenvalue weighted by molar-refractivity contribution is 7.91. The van der Waals surface area contributed by atoms with Crippen LogP contribution in [0.4, 0.5) is 5.82 Å². The Morgan fingerprint density at radius 3 is 2.67 bits per heavy atom. The fraction of sp³-hybridized carbons (Fsp3) is 0.278. The van der Waals surface area contributed by atoms with Gasteiger partial charge in [-0.25, -0.2) is 17.8 Å². The smallest absolute Gasteiger partial charge is 0.256 e. The van der Waals surface area contributed by atoms with Gasteiger partial charge < -0.3 is 5.32 Å². The van der Waals surface area contributed by atoms with Crippen LogP contribution in [0.25, 0.3) is 5.69 Å². The van der Waals surface area contributed by atoms with Crippen LogP contribution in [0.3, 0.4) is 0 Å². The molecule has 8 nitrogen and oxygen atoms in total. The van der Waals surface area contributed by atoms with E-state index in [0.29, 0.717) is 17.8 Å². The van der Waals surface area contributed by atoms with Gasteiger partial charge in [-0.05, 0) is 43.7 Å². The standard InChI is InChI=1S/C18H19N5O3S/c1-13-11-17(23(21-13)16-7-10-27(25,26)12-16)20-18(24)14-3-5-15(6-4-14)22-9-2-8-19-22/h2-6,8-9,11,16H,7,10,12H2,1H3,(H,20,24). The predicted octanol–water partition coefficient (Wildman–Crippen LogP) is 1.99. The number of amides is 1. The Morgan fingerprint density at radius 2 is 2.04 bits per heavy atom. The molecule has 1 unspecified atom stereocenters. The van der Waals surface area contributed by atoms with Crippen molar-refractivity contribution >= 4 is 21.6 Å². The summed E-state index contributed by atoms with van der Waals surface area (Å²) >= 11 is 0. The van der Waals surface area contributed by atoms with Crippen molar-refractivity contribution in [2.45, 2.75) is 19.4 Å². The van der Waals surface area contributed by atoms with Gasteiger partial charge in [0.1, 0.15) is 5.82 Å². The number of carbonyl (C=O) groups is 1. The van der Waals surface area contributed by atoms with Crippen LogP contribution in [0.15, 0.2) is 48.8 Å². The van der Waals surface area contributed by atoms with Crippen LogP contribution in [0.2, 0.25) is 0 Å². The number of carbonyl (C=O) groups excluding carboxylic acids is 1. The molecule has 1 aliphatic rings. The van der Waals surface area contributed by atoms with Crippen LogP contribution >= 0.6 is 0 Å². The highest BCUT2D eigenvalue weighted by Gasteiger charge is 2.31. The molecule has 4 rings (SSSR count). The van der Waals surface area contributed by atoms with Crippen molar-refractivity contribution < 1.29 is 13.2 Å². The molecule has 9 heteroatoms. The first-order valence-corrected chi connectivity index (χ1v) is 10.4. The largest absolute Gasteiger partial charge is 0.307 e. The van der Waals surface area contributed by atoms with E-state index in [2.05, 4.69) is 15.5 Å². The lowest BCUT2D eigenvalue weighted by molar-refractivity contribution is 0.102. The lowest BCUT2D eigenvalue weighted by Gasteiger charge is -2.14. The van der Waals surface area contributed by atoms with Crippen molar-refractivity contribution in [3.05, 3.63) is 60.0 Å². The summed E-state index contributed by atoms with van der Waals surface area (Å²) in [5, 5.41) is 11.4. The maximum Gasteiger partial charge on any atom is 0.256 e. The Morgan fingerprint density at radius 1 is 1.26 bits per heavy atom. The van der Waals surface area contributed by atoms with E-state index in [1.165, 1.54) is 0 Å². The first-order chi connectivity index (χ1) is 12.9. The normalized spacial score (nSPS) is 18.5. The van der Waals surface area contributed by atoms with Gasteiger partial charge >= 0.3 is 0 Å². The van der Waals surface area contributed by atoms with Gasteiger partial charge in [0, 0.05) is 24.0 Å². The van der Waals surface area contributed by atoms with Gasteiger partial charge in [0.25, 0.3) is 5.91 Å². The Hall–Kier alpha value is -2.94. The molecule has 27 heavy (non-hydrogen) atoms. The molecule has 3 aromatic rings. The lowest BCUT2D eigenvalue weighted by atomic mass is 10.2. The molecule has 0 aliphatic carbocycles.